The van der Waals surface area contributed by atoms with Gasteiger partial charge in [0.2, 0.25) is 4.74 Å². The Bertz CT molecular complexity index is 1020. The third-order valence-electron chi connectivity index (χ3n) is 4.47. The number of phenols is 1. The average Bonchev–Trinajstić information content (AvgIpc) is 2.60. The van der Waals surface area contributed by atoms with Crippen molar-refractivity contribution < 1.29 is 18.3 Å². The maximum absolute atomic E-state index is 13.7. The molecule has 0 unspecified atom stereocenters. The van der Waals surface area contributed by atoms with E-state index in [0.29, 0.717) is 22.1 Å². The van der Waals surface area contributed by atoms with Crippen LogP contribution in [0.15, 0.2) is 47.3 Å². The minimum absolute atomic E-state index is 0.0123. The first-order valence-corrected chi connectivity index (χ1v) is 9.58. The fourth-order valence-electron chi connectivity index (χ4n) is 3.08. The van der Waals surface area contributed by atoms with Crippen molar-refractivity contribution in [3.63, 3.8) is 0 Å². The molecule has 0 saturated heterocycles. The van der Waals surface area contributed by atoms with E-state index in [1.54, 1.807) is 12.1 Å². The summed E-state index contributed by atoms with van der Waals surface area (Å²) in [5, 5.41) is 10.2. The van der Waals surface area contributed by atoms with E-state index < -0.39 is 16.5 Å². The highest BCUT2D eigenvalue weighted by Crippen LogP contribution is 2.38. The van der Waals surface area contributed by atoms with Crippen LogP contribution in [-0.2, 0) is 12.6 Å². The summed E-state index contributed by atoms with van der Waals surface area (Å²) in [7, 11) is 0. The molecule has 1 aromatic heterocycles. The fraction of sp³-hybridized carbons (Fsp3) is 0.286. The van der Waals surface area contributed by atoms with Crippen LogP contribution >= 0.6 is 11.3 Å². The monoisotopic (exact) mass is 392 g/mol. The molecule has 1 heterocycles. The lowest BCUT2D eigenvalue weighted by atomic mass is 9.96. The number of rotatable bonds is 5. The van der Waals surface area contributed by atoms with Crippen molar-refractivity contribution in [1.29, 1.82) is 0 Å². The molecule has 2 aromatic carbocycles. The fourth-order valence-corrected chi connectivity index (χ4v) is 3.99. The molecule has 0 radical (unpaired) electrons. The van der Waals surface area contributed by atoms with Gasteiger partial charge in [-0.3, -0.25) is 4.79 Å². The van der Waals surface area contributed by atoms with Gasteiger partial charge in [0, 0.05) is 10.3 Å². The molecule has 27 heavy (non-hydrogen) atoms. The lowest BCUT2D eigenvalue weighted by Crippen LogP contribution is -2.11. The summed E-state index contributed by atoms with van der Waals surface area (Å²) in [6.45, 7) is 2.04. The van der Waals surface area contributed by atoms with Gasteiger partial charge in [0.25, 0.3) is 0 Å². The van der Waals surface area contributed by atoms with Gasteiger partial charge in [0.15, 0.2) is 0 Å². The molecule has 0 saturated carbocycles. The Kier molecular flexibility index (Phi) is 5.56. The molecule has 0 spiro atoms. The molecular formula is C21H19F3O2S. The molecule has 0 bridgehead atoms. The minimum atomic E-state index is -4.54. The van der Waals surface area contributed by atoms with Crippen LogP contribution in [0.1, 0.15) is 37.3 Å². The molecule has 0 aliphatic carbocycles. The zero-order valence-corrected chi connectivity index (χ0v) is 15.6. The highest BCUT2D eigenvalue weighted by atomic mass is 32.1. The predicted octanol–water partition coefficient (Wildman–Crippen LogP) is 6.39. The van der Waals surface area contributed by atoms with Crippen LogP contribution in [0, 0.1) is 0 Å². The van der Waals surface area contributed by atoms with Gasteiger partial charge >= 0.3 is 6.18 Å². The van der Waals surface area contributed by atoms with E-state index >= 15 is 0 Å². The Morgan fingerprint density at radius 2 is 1.78 bits per heavy atom. The molecule has 0 aliphatic rings. The minimum Gasteiger partial charge on any atom is -0.508 e. The van der Waals surface area contributed by atoms with E-state index in [2.05, 4.69) is 0 Å². The van der Waals surface area contributed by atoms with Gasteiger partial charge in [-0.25, -0.2) is 0 Å². The highest BCUT2D eigenvalue weighted by Gasteiger charge is 2.34. The SMILES string of the molecule is CCCCCc1ccc(-c2cc3ccc(O)cc3sc2=O)c(C(F)(F)F)c1. The number of benzene rings is 2. The Hall–Kier alpha value is -2.34. The first-order valence-electron chi connectivity index (χ1n) is 8.77. The second-order valence-corrected chi connectivity index (χ2v) is 7.52. The quantitative estimate of drug-likeness (QED) is 0.511. The molecule has 3 rings (SSSR count). The third kappa shape index (κ3) is 4.33. The lowest BCUT2D eigenvalue weighted by Gasteiger charge is -2.15. The molecule has 2 nitrogen and oxygen atoms in total. The van der Waals surface area contributed by atoms with Crippen molar-refractivity contribution in [2.75, 3.05) is 0 Å². The number of halogens is 3. The van der Waals surface area contributed by atoms with E-state index in [0.717, 1.165) is 36.7 Å². The van der Waals surface area contributed by atoms with Gasteiger partial charge in [-0.05, 0) is 59.7 Å². The topological polar surface area (TPSA) is 37.3 Å². The summed E-state index contributed by atoms with van der Waals surface area (Å²) >= 11 is 0.835. The van der Waals surface area contributed by atoms with Crippen molar-refractivity contribution in [3.8, 4) is 16.9 Å². The summed E-state index contributed by atoms with van der Waals surface area (Å²) in [5.74, 6) is 0.0123. The van der Waals surface area contributed by atoms with Gasteiger partial charge in [-0.2, -0.15) is 13.2 Å². The average molecular weight is 392 g/mol. The Balaban J connectivity index is 2.12. The highest BCUT2D eigenvalue weighted by molar-refractivity contribution is 7.16. The summed E-state index contributed by atoms with van der Waals surface area (Å²) in [5.41, 5.74) is -0.219. The zero-order chi connectivity index (χ0) is 19.6. The summed E-state index contributed by atoms with van der Waals surface area (Å²) in [4.78, 5) is 12.5. The summed E-state index contributed by atoms with van der Waals surface area (Å²) < 4.78 is 41.1. The zero-order valence-electron chi connectivity index (χ0n) is 14.8. The Morgan fingerprint density at radius 3 is 2.48 bits per heavy atom. The van der Waals surface area contributed by atoms with Crippen molar-refractivity contribution in [2.24, 2.45) is 0 Å². The van der Waals surface area contributed by atoms with E-state index in [1.165, 1.54) is 24.3 Å². The van der Waals surface area contributed by atoms with Gasteiger partial charge in [0.05, 0.1) is 5.56 Å². The first-order chi connectivity index (χ1) is 12.8. The summed E-state index contributed by atoms with van der Waals surface area (Å²) in [6.07, 6.45) is -1.16. The molecule has 142 valence electrons. The number of hydrogen-bond acceptors (Lipinski definition) is 3. The molecule has 3 aromatic rings. The van der Waals surface area contributed by atoms with Crippen molar-refractivity contribution in [3.05, 3.63) is 63.1 Å². The molecule has 0 aliphatic heterocycles. The first kappa shape index (κ1) is 19.4. The van der Waals surface area contributed by atoms with E-state index in [4.69, 9.17) is 0 Å². The van der Waals surface area contributed by atoms with E-state index in [1.807, 2.05) is 6.92 Å². The van der Waals surface area contributed by atoms with Crippen molar-refractivity contribution >= 4 is 21.4 Å². The number of aryl methyl sites for hydroxylation is 1. The van der Waals surface area contributed by atoms with Crippen LogP contribution in [0.4, 0.5) is 13.2 Å². The second-order valence-electron chi connectivity index (χ2n) is 6.50. The molecule has 0 amide bonds. The smallest absolute Gasteiger partial charge is 0.417 e. The van der Waals surface area contributed by atoms with Crippen molar-refractivity contribution in [1.82, 2.24) is 0 Å². The molecule has 0 fully saturated rings. The van der Waals surface area contributed by atoms with Gasteiger partial charge < -0.3 is 5.11 Å². The summed E-state index contributed by atoms with van der Waals surface area (Å²) in [6, 6.07) is 10.2. The maximum atomic E-state index is 13.7. The van der Waals surface area contributed by atoms with Gasteiger partial charge in [-0.1, -0.05) is 43.2 Å². The number of phenolic OH excluding ortho intramolecular Hbond substituents is 1. The standard InChI is InChI=1S/C21H19F3O2S/c1-2-3-4-5-13-6-9-16(18(10-13)21(22,23)24)17-11-14-7-8-15(25)12-19(14)27-20(17)26/h6-12,25H,2-5H2,1H3. The Morgan fingerprint density at radius 1 is 1.00 bits per heavy atom. The molecule has 0 atom stereocenters. The van der Waals surface area contributed by atoms with Gasteiger partial charge in [-0.15, -0.1) is 0 Å². The molecule has 6 heteroatoms. The van der Waals surface area contributed by atoms with Crippen LogP contribution in [0.2, 0.25) is 0 Å². The number of aromatic hydroxyl groups is 1. The van der Waals surface area contributed by atoms with Crippen LogP contribution in [0.3, 0.4) is 0 Å². The largest absolute Gasteiger partial charge is 0.508 e. The maximum Gasteiger partial charge on any atom is 0.417 e. The van der Waals surface area contributed by atoms with Crippen LogP contribution in [-0.4, -0.2) is 5.11 Å². The van der Waals surface area contributed by atoms with Crippen molar-refractivity contribution in [2.45, 2.75) is 38.8 Å². The number of unbranched alkanes of at least 4 members (excludes halogenated alkanes) is 2. The second kappa shape index (κ2) is 7.72. The van der Waals surface area contributed by atoms with Crippen LogP contribution in [0.25, 0.3) is 21.2 Å². The molecular weight excluding hydrogens is 373 g/mol. The third-order valence-corrected chi connectivity index (χ3v) is 5.45. The van der Waals surface area contributed by atoms with Crippen LogP contribution < -0.4 is 4.74 Å². The molecule has 1 N–H and O–H groups in total. The van der Waals surface area contributed by atoms with Crippen LogP contribution in [0.5, 0.6) is 5.75 Å². The number of hydrogen-bond donors (Lipinski definition) is 1. The predicted molar refractivity (Wildman–Crippen MR) is 103 cm³/mol. The van der Waals surface area contributed by atoms with Gasteiger partial charge in [0.1, 0.15) is 5.75 Å². The Labute approximate surface area is 158 Å². The lowest BCUT2D eigenvalue weighted by molar-refractivity contribution is -0.137. The van der Waals surface area contributed by atoms with E-state index in [9.17, 15) is 23.1 Å². The normalized spacial score (nSPS) is 11.9. The number of fused-ring (bicyclic) bond motifs is 1. The van der Waals surface area contributed by atoms with E-state index in [-0.39, 0.29) is 16.9 Å². The number of alkyl halides is 3.